The zero-order valence-electron chi connectivity index (χ0n) is 11.7. The van der Waals surface area contributed by atoms with Crippen molar-refractivity contribution in [3.63, 3.8) is 0 Å². The zero-order chi connectivity index (χ0) is 15.5. The first-order valence-corrected chi connectivity index (χ1v) is 6.95. The Morgan fingerprint density at radius 3 is 2.86 bits per heavy atom. The molecule has 0 radical (unpaired) electrons. The second-order valence-corrected chi connectivity index (χ2v) is 5.04. The quantitative estimate of drug-likeness (QED) is 0.906. The van der Waals surface area contributed by atoms with E-state index in [1.54, 1.807) is 4.90 Å². The van der Waals surface area contributed by atoms with E-state index < -0.39 is 17.3 Å². The van der Waals surface area contributed by atoms with Gasteiger partial charge in [-0.1, -0.05) is 6.92 Å². The van der Waals surface area contributed by atoms with E-state index in [-0.39, 0.29) is 11.8 Å². The minimum absolute atomic E-state index is 0.100. The Morgan fingerprint density at radius 2 is 2.29 bits per heavy atom. The third-order valence-electron chi connectivity index (χ3n) is 3.40. The SMILES string of the molecule is CCCN(CC1CCCO1)c1cn[nH]c(=O)c1C(F)(F)F. The highest BCUT2D eigenvalue weighted by Gasteiger charge is 2.39. The first-order valence-electron chi connectivity index (χ1n) is 6.95. The van der Waals surface area contributed by atoms with E-state index in [4.69, 9.17) is 4.74 Å². The Balaban J connectivity index is 2.35. The van der Waals surface area contributed by atoms with Crippen LogP contribution in [0.1, 0.15) is 31.7 Å². The van der Waals surface area contributed by atoms with Crippen LogP contribution in [-0.2, 0) is 10.9 Å². The van der Waals surface area contributed by atoms with E-state index >= 15 is 0 Å². The Hall–Kier alpha value is -1.57. The fourth-order valence-corrected chi connectivity index (χ4v) is 2.52. The van der Waals surface area contributed by atoms with Gasteiger partial charge < -0.3 is 9.64 Å². The van der Waals surface area contributed by atoms with E-state index in [9.17, 15) is 18.0 Å². The van der Waals surface area contributed by atoms with Gasteiger partial charge in [-0.3, -0.25) is 4.79 Å². The van der Waals surface area contributed by atoms with Crippen molar-refractivity contribution < 1.29 is 17.9 Å². The number of halogens is 3. The van der Waals surface area contributed by atoms with Crippen molar-refractivity contribution in [1.29, 1.82) is 0 Å². The van der Waals surface area contributed by atoms with Crippen LogP contribution in [0.2, 0.25) is 0 Å². The van der Waals surface area contributed by atoms with Crippen LogP contribution < -0.4 is 10.5 Å². The molecule has 0 saturated carbocycles. The van der Waals surface area contributed by atoms with Gasteiger partial charge in [0.2, 0.25) is 0 Å². The van der Waals surface area contributed by atoms with Crippen LogP contribution in [0.15, 0.2) is 11.0 Å². The number of hydrogen-bond acceptors (Lipinski definition) is 4. The molecule has 1 atom stereocenters. The third-order valence-corrected chi connectivity index (χ3v) is 3.40. The molecule has 2 rings (SSSR count). The molecule has 1 aromatic rings. The zero-order valence-corrected chi connectivity index (χ0v) is 11.7. The maximum absolute atomic E-state index is 13.1. The third kappa shape index (κ3) is 3.75. The lowest BCUT2D eigenvalue weighted by Crippen LogP contribution is -2.36. The molecule has 2 heterocycles. The summed E-state index contributed by atoms with van der Waals surface area (Å²) in [4.78, 5) is 13.1. The molecule has 0 aliphatic carbocycles. The number of nitrogens with one attached hydrogen (secondary N) is 1. The lowest BCUT2D eigenvalue weighted by molar-refractivity contribution is -0.138. The molecule has 1 saturated heterocycles. The summed E-state index contributed by atoms with van der Waals surface area (Å²) >= 11 is 0. The lowest BCUT2D eigenvalue weighted by Gasteiger charge is -2.28. The van der Waals surface area contributed by atoms with Crippen molar-refractivity contribution in [2.45, 2.75) is 38.5 Å². The van der Waals surface area contributed by atoms with Crippen LogP contribution in [0.25, 0.3) is 0 Å². The van der Waals surface area contributed by atoms with Gasteiger partial charge in [0.1, 0.15) is 5.56 Å². The predicted octanol–water partition coefficient (Wildman–Crippen LogP) is 2.18. The van der Waals surface area contributed by atoms with E-state index in [1.165, 1.54) is 0 Å². The number of ether oxygens (including phenoxy) is 1. The molecule has 1 unspecified atom stereocenters. The number of aromatic nitrogens is 2. The number of aromatic amines is 1. The number of hydrogen-bond donors (Lipinski definition) is 1. The van der Waals surface area contributed by atoms with Gasteiger partial charge >= 0.3 is 6.18 Å². The summed E-state index contributed by atoms with van der Waals surface area (Å²) in [6.07, 6.45) is -1.36. The standard InChI is InChI=1S/C13H18F3N3O2/c1-2-5-19(8-9-4-3-6-21-9)10-7-17-18-12(20)11(10)13(14,15)16/h7,9H,2-6,8H2,1H3,(H,18,20). The largest absolute Gasteiger partial charge is 0.423 e. The monoisotopic (exact) mass is 305 g/mol. The van der Waals surface area contributed by atoms with Gasteiger partial charge in [-0.05, 0) is 19.3 Å². The molecule has 0 aromatic carbocycles. The molecule has 1 aromatic heterocycles. The number of alkyl halides is 3. The summed E-state index contributed by atoms with van der Waals surface area (Å²) < 4.78 is 44.8. The van der Waals surface area contributed by atoms with Gasteiger partial charge in [0.15, 0.2) is 0 Å². The minimum atomic E-state index is -4.71. The Morgan fingerprint density at radius 1 is 1.52 bits per heavy atom. The van der Waals surface area contributed by atoms with Gasteiger partial charge in [0.05, 0.1) is 18.0 Å². The number of nitrogens with zero attached hydrogens (tertiary/aromatic N) is 2. The molecular formula is C13H18F3N3O2. The second-order valence-electron chi connectivity index (χ2n) is 5.04. The smallest absolute Gasteiger partial charge is 0.376 e. The highest BCUT2D eigenvalue weighted by molar-refractivity contribution is 5.52. The van der Waals surface area contributed by atoms with E-state index in [2.05, 4.69) is 5.10 Å². The average Bonchev–Trinajstić information content (AvgIpc) is 2.89. The average molecular weight is 305 g/mol. The molecule has 1 aliphatic rings. The predicted molar refractivity (Wildman–Crippen MR) is 71.3 cm³/mol. The molecule has 21 heavy (non-hydrogen) atoms. The number of anilines is 1. The molecule has 0 bridgehead atoms. The van der Waals surface area contributed by atoms with Crippen molar-refractivity contribution in [1.82, 2.24) is 10.2 Å². The Kier molecular flexibility index (Phi) is 4.87. The molecule has 1 aliphatic heterocycles. The molecule has 1 N–H and O–H groups in total. The maximum atomic E-state index is 13.1. The summed E-state index contributed by atoms with van der Waals surface area (Å²) in [6, 6.07) is 0. The second kappa shape index (κ2) is 6.46. The topological polar surface area (TPSA) is 58.2 Å². The first-order chi connectivity index (χ1) is 9.93. The van der Waals surface area contributed by atoms with Crippen molar-refractivity contribution in [2.75, 3.05) is 24.6 Å². The molecule has 5 nitrogen and oxygen atoms in total. The fraction of sp³-hybridized carbons (Fsp3) is 0.692. The normalized spacial score (nSPS) is 19.0. The summed E-state index contributed by atoms with van der Waals surface area (Å²) in [5.74, 6) is 0. The van der Waals surface area contributed by atoms with Crippen LogP contribution in [0, 0.1) is 0 Å². The molecule has 0 spiro atoms. The van der Waals surface area contributed by atoms with E-state index in [0.717, 1.165) is 19.0 Å². The van der Waals surface area contributed by atoms with E-state index in [1.807, 2.05) is 12.0 Å². The fourth-order valence-electron chi connectivity index (χ4n) is 2.52. The summed E-state index contributed by atoms with van der Waals surface area (Å²) in [6.45, 7) is 3.25. The van der Waals surface area contributed by atoms with Gasteiger partial charge in [0, 0.05) is 19.7 Å². The van der Waals surface area contributed by atoms with Crippen molar-refractivity contribution in [3.8, 4) is 0 Å². The van der Waals surface area contributed by atoms with E-state index in [0.29, 0.717) is 26.1 Å². The summed E-state index contributed by atoms with van der Waals surface area (Å²) in [7, 11) is 0. The minimum Gasteiger partial charge on any atom is -0.376 e. The molecule has 1 fully saturated rings. The summed E-state index contributed by atoms with van der Waals surface area (Å²) in [5, 5.41) is 5.37. The van der Waals surface area contributed by atoms with Crippen LogP contribution in [0.3, 0.4) is 0 Å². The maximum Gasteiger partial charge on any atom is 0.423 e. The van der Waals surface area contributed by atoms with Crippen LogP contribution in [0.5, 0.6) is 0 Å². The summed E-state index contributed by atoms with van der Waals surface area (Å²) in [5.41, 5.74) is -2.58. The highest BCUT2D eigenvalue weighted by atomic mass is 19.4. The Labute approximate surface area is 120 Å². The van der Waals surface area contributed by atoms with Crippen molar-refractivity contribution >= 4 is 5.69 Å². The molecule has 118 valence electrons. The lowest BCUT2D eigenvalue weighted by atomic mass is 10.1. The van der Waals surface area contributed by atoms with Gasteiger partial charge in [-0.15, -0.1) is 0 Å². The van der Waals surface area contributed by atoms with Crippen molar-refractivity contribution in [2.24, 2.45) is 0 Å². The van der Waals surface area contributed by atoms with Crippen LogP contribution in [0.4, 0.5) is 18.9 Å². The van der Waals surface area contributed by atoms with Crippen LogP contribution >= 0.6 is 0 Å². The first kappa shape index (κ1) is 15.8. The molecule has 0 amide bonds. The van der Waals surface area contributed by atoms with Crippen molar-refractivity contribution in [3.05, 3.63) is 22.1 Å². The van der Waals surface area contributed by atoms with Gasteiger partial charge in [0.25, 0.3) is 5.56 Å². The number of H-pyrrole nitrogens is 1. The molecular weight excluding hydrogens is 287 g/mol. The highest BCUT2D eigenvalue weighted by Crippen LogP contribution is 2.33. The number of rotatable bonds is 5. The van der Waals surface area contributed by atoms with Gasteiger partial charge in [-0.2, -0.15) is 18.3 Å². The van der Waals surface area contributed by atoms with Crippen LogP contribution in [-0.4, -0.2) is 36.0 Å². The Bertz CT molecular complexity index is 524. The van der Waals surface area contributed by atoms with Gasteiger partial charge in [-0.25, -0.2) is 5.10 Å². The molecule has 8 heteroatoms.